The van der Waals surface area contributed by atoms with Crippen LogP contribution in [0.1, 0.15) is 20.3 Å². The van der Waals surface area contributed by atoms with E-state index in [0.29, 0.717) is 5.39 Å². The molecule has 2 aromatic heterocycles. The number of ether oxygens (including phenoxy) is 1. The fourth-order valence-corrected chi connectivity index (χ4v) is 1.80. The summed E-state index contributed by atoms with van der Waals surface area (Å²) in [6.07, 6.45) is 1.86. The highest BCUT2D eigenvalue weighted by molar-refractivity contribution is 5.95. The predicted octanol–water partition coefficient (Wildman–Crippen LogP) is 1.15. The van der Waals surface area contributed by atoms with E-state index in [-0.39, 0.29) is 24.4 Å². The summed E-state index contributed by atoms with van der Waals surface area (Å²) in [5.74, 6) is -0.915. The van der Waals surface area contributed by atoms with E-state index in [4.69, 9.17) is 15.1 Å². The molecule has 10 heteroatoms. The Morgan fingerprint density at radius 3 is 2.87 bits per heavy atom. The number of hydrogen-bond donors (Lipinski definition) is 2. The molecule has 0 bridgehead atoms. The molecule has 0 radical (unpaired) electrons. The summed E-state index contributed by atoms with van der Waals surface area (Å²) in [6.45, 7) is 2.88. The maximum absolute atomic E-state index is 11.9. The van der Waals surface area contributed by atoms with E-state index in [9.17, 15) is 9.59 Å². The minimum atomic E-state index is -1.06. The van der Waals surface area contributed by atoms with Gasteiger partial charge >= 0.3 is 12.1 Å². The van der Waals surface area contributed by atoms with E-state index in [1.807, 2.05) is 6.07 Å². The van der Waals surface area contributed by atoms with Gasteiger partial charge < -0.3 is 9.84 Å². The third kappa shape index (κ3) is 4.13. The van der Waals surface area contributed by atoms with Crippen LogP contribution in [0.3, 0.4) is 0 Å². The first kappa shape index (κ1) is 16.2. The molecule has 0 atom stereocenters. The van der Waals surface area contributed by atoms with Crippen LogP contribution in [-0.2, 0) is 16.1 Å². The summed E-state index contributed by atoms with van der Waals surface area (Å²) in [4.78, 5) is 30.5. The minimum absolute atomic E-state index is 0.0378. The van der Waals surface area contributed by atoms with E-state index >= 15 is 0 Å². The Morgan fingerprint density at radius 2 is 2.22 bits per heavy atom. The number of carbonyl (C=O) groups excluding carboxylic acids is 1. The molecule has 0 saturated heterocycles. The van der Waals surface area contributed by atoms with Gasteiger partial charge in [-0.2, -0.15) is 10.4 Å². The summed E-state index contributed by atoms with van der Waals surface area (Å²) >= 11 is 0. The second-order valence-corrected chi connectivity index (χ2v) is 5.29. The van der Waals surface area contributed by atoms with Gasteiger partial charge in [0.1, 0.15) is 24.3 Å². The molecule has 0 aliphatic heterocycles. The van der Waals surface area contributed by atoms with Gasteiger partial charge in [0.25, 0.3) is 0 Å². The molecule has 1 amide bonds. The van der Waals surface area contributed by atoms with Gasteiger partial charge in [0, 0.05) is 6.20 Å². The quantitative estimate of drug-likeness (QED) is 0.835. The van der Waals surface area contributed by atoms with Crippen molar-refractivity contribution in [3.05, 3.63) is 12.5 Å². The lowest BCUT2D eigenvalue weighted by molar-refractivity contribution is -0.137. The molecule has 0 aliphatic rings. The largest absolute Gasteiger partial charge is 0.480 e. The summed E-state index contributed by atoms with van der Waals surface area (Å²) in [6, 6.07) is 1.93. The summed E-state index contributed by atoms with van der Waals surface area (Å²) in [5, 5.41) is 24.2. The molecule has 0 fully saturated rings. The molecule has 0 aliphatic carbocycles. The molecule has 2 aromatic rings. The van der Waals surface area contributed by atoms with Crippen LogP contribution in [0.15, 0.2) is 12.5 Å². The van der Waals surface area contributed by atoms with Gasteiger partial charge in [0.05, 0.1) is 17.9 Å². The standard InChI is InChI=1S/C13H14N6O4/c1-13(2,3-4-14)23-12(22)17-10-8-5-19(6-9(20)21)18-11(8)16-7-15-10/h5,7H,3,6H2,1-2H3,(H,20,21)(H,15,16,17,18,22). The number of fused-ring (bicyclic) bond motifs is 1. The SMILES string of the molecule is CC(C)(CC#N)OC(=O)Nc1ncnc2nn(CC(=O)O)cc12. The van der Waals surface area contributed by atoms with Crippen LogP contribution in [-0.4, -0.2) is 42.5 Å². The number of aliphatic carboxylic acids is 1. The van der Waals surface area contributed by atoms with Crippen LogP contribution in [0.2, 0.25) is 0 Å². The van der Waals surface area contributed by atoms with Gasteiger partial charge in [-0.25, -0.2) is 14.8 Å². The first-order valence-electron chi connectivity index (χ1n) is 6.57. The number of nitriles is 1. The van der Waals surface area contributed by atoms with Crippen molar-refractivity contribution < 1.29 is 19.4 Å². The molecule has 2 heterocycles. The van der Waals surface area contributed by atoms with Crippen molar-refractivity contribution in [1.82, 2.24) is 19.7 Å². The molecule has 10 nitrogen and oxygen atoms in total. The number of carboxylic acids is 1. The van der Waals surface area contributed by atoms with Gasteiger partial charge in [-0.15, -0.1) is 0 Å². The summed E-state index contributed by atoms with van der Waals surface area (Å²) in [5.41, 5.74) is -0.703. The number of aromatic nitrogens is 4. The van der Waals surface area contributed by atoms with Crippen LogP contribution in [0.25, 0.3) is 11.0 Å². The molecule has 0 spiro atoms. The first-order chi connectivity index (χ1) is 10.8. The number of nitrogens with one attached hydrogen (secondary N) is 1. The number of rotatable bonds is 5. The van der Waals surface area contributed by atoms with Crippen LogP contribution in [0.4, 0.5) is 10.6 Å². The Hall–Kier alpha value is -3.22. The molecule has 120 valence electrons. The van der Waals surface area contributed by atoms with Crippen molar-refractivity contribution in [2.45, 2.75) is 32.4 Å². The maximum atomic E-state index is 11.9. The summed E-state index contributed by atoms with van der Waals surface area (Å²) in [7, 11) is 0. The number of carboxylic acid groups (broad SMARTS) is 1. The number of anilines is 1. The molecule has 2 N–H and O–H groups in total. The number of amides is 1. The minimum Gasteiger partial charge on any atom is -0.480 e. The molecular weight excluding hydrogens is 304 g/mol. The zero-order chi connectivity index (χ0) is 17.0. The third-order valence-corrected chi connectivity index (χ3v) is 2.76. The second kappa shape index (κ2) is 6.27. The van der Waals surface area contributed by atoms with Gasteiger partial charge in [-0.1, -0.05) is 0 Å². The monoisotopic (exact) mass is 318 g/mol. The fourth-order valence-electron chi connectivity index (χ4n) is 1.80. The lowest BCUT2D eigenvalue weighted by atomic mass is 10.1. The van der Waals surface area contributed by atoms with Crippen LogP contribution in [0, 0.1) is 11.3 Å². The number of hydrogen-bond acceptors (Lipinski definition) is 7. The van der Waals surface area contributed by atoms with Crippen molar-refractivity contribution in [1.29, 1.82) is 5.26 Å². The molecular formula is C13H14N6O4. The average Bonchev–Trinajstić information content (AvgIpc) is 2.80. The lowest BCUT2D eigenvalue weighted by Gasteiger charge is -2.21. The normalized spacial score (nSPS) is 11.0. The maximum Gasteiger partial charge on any atom is 0.413 e. The Morgan fingerprint density at radius 1 is 1.48 bits per heavy atom. The predicted molar refractivity (Wildman–Crippen MR) is 77.4 cm³/mol. The molecule has 0 unspecified atom stereocenters. The van der Waals surface area contributed by atoms with E-state index in [0.717, 1.165) is 0 Å². The molecule has 23 heavy (non-hydrogen) atoms. The molecule has 0 aromatic carbocycles. The van der Waals surface area contributed by atoms with E-state index in [2.05, 4.69) is 20.4 Å². The van der Waals surface area contributed by atoms with Crippen LogP contribution < -0.4 is 5.32 Å². The average molecular weight is 318 g/mol. The van der Waals surface area contributed by atoms with Crippen molar-refractivity contribution in [2.75, 3.05) is 5.32 Å². The van der Waals surface area contributed by atoms with E-state index in [1.54, 1.807) is 13.8 Å². The third-order valence-electron chi connectivity index (χ3n) is 2.76. The number of nitrogens with zero attached hydrogens (tertiary/aromatic N) is 5. The summed E-state index contributed by atoms with van der Waals surface area (Å²) < 4.78 is 6.33. The smallest absolute Gasteiger partial charge is 0.413 e. The van der Waals surface area contributed by atoms with E-state index in [1.165, 1.54) is 17.2 Å². The fraction of sp³-hybridized carbons (Fsp3) is 0.385. The van der Waals surface area contributed by atoms with Crippen molar-refractivity contribution in [2.24, 2.45) is 0 Å². The zero-order valence-corrected chi connectivity index (χ0v) is 12.5. The van der Waals surface area contributed by atoms with Gasteiger partial charge in [-0.05, 0) is 13.8 Å². The first-order valence-corrected chi connectivity index (χ1v) is 6.57. The van der Waals surface area contributed by atoms with Crippen molar-refractivity contribution in [3.63, 3.8) is 0 Å². The second-order valence-electron chi connectivity index (χ2n) is 5.29. The number of carbonyl (C=O) groups is 2. The zero-order valence-electron chi connectivity index (χ0n) is 12.5. The van der Waals surface area contributed by atoms with Gasteiger partial charge in [0.15, 0.2) is 5.65 Å². The van der Waals surface area contributed by atoms with Crippen LogP contribution in [0.5, 0.6) is 0 Å². The molecule has 0 saturated carbocycles. The Labute approximate surface area is 130 Å². The Bertz CT molecular complexity index is 791. The topological polar surface area (TPSA) is 143 Å². The van der Waals surface area contributed by atoms with E-state index < -0.39 is 17.7 Å². The lowest BCUT2D eigenvalue weighted by Crippen LogP contribution is -2.30. The van der Waals surface area contributed by atoms with Crippen molar-refractivity contribution >= 4 is 28.9 Å². The van der Waals surface area contributed by atoms with Gasteiger partial charge in [-0.3, -0.25) is 14.8 Å². The Kier molecular flexibility index (Phi) is 4.40. The Balaban J connectivity index is 2.20. The van der Waals surface area contributed by atoms with Crippen molar-refractivity contribution in [3.8, 4) is 6.07 Å². The van der Waals surface area contributed by atoms with Crippen LogP contribution >= 0.6 is 0 Å². The van der Waals surface area contributed by atoms with Gasteiger partial charge in [0.2, 0.25) is 0 Å². The molecule has 2 rings (SSSR count). The highest BCUT2D eigenvalue weighted by atomic mass is 16.6. The highest BCUT2D eigenvalue weighted by Crippen LogP contribution is 2.20. The highest BCUT2D eigenvalue weighted by Gasteiger charge is 2.23.